The Kier molecular flexibility index (Phi) is 3.43. The van der Waals surface area contributed by atoms with Crippen LogP contribution in [-0.4, -0.2) is 84.5 Å². The number of Topliss-reactive ketones (excluding diaryl/α,β-unsaturated/α-hetero) is 1. The van der Waals surface area contributed by atoms with Crippen molar-refractivity contribution in [1.82, 2.24) is 0 Å². The van der Waals surface area contributed by atoms with E-state index in [2.05, 4.69) is 0 Å². The van der Waals surface area contributed by atoms with E-state index in [0.29, 0.717) is 0 Å². The van der Waals surface area contributed by atoms with Gasteiger partial charge in [-0.1, -0.05) is 0 Å². The van der Waals surface area contributed by atoms with Crippen molar-refractivity contribution in [3.05, 3.63) is 0 Å². The smallest absolute Gasteiger partial charge is 0.264 e. The van der Waals surface area contributed by atoms with Crippen LogP contribution < -0.4 is 0 Å². The van der Waals surface area contributed by atoms with Gasteiger partial charge in [0.05, 0.1) is 12.4 Å². The number of hydrogen-bond acceptors (Lipinski definition) is 9. The Labute approximate surface area is 153 Å². The van der Waals surface area contributed by atoms with E-state index in [0.717, 1.165) is 6.26 Å². The number of aliphatic hydroxyl groups excluding tert-OH is 1. The second-order valence-electron chi connectivity index (χ2n) is 6.81. The molecule has 9 nitrogen and oxygen atoms in total. The average Bonchev–Trinajstić information content (AvgIpc) is 2.99. The Bertz CT molecular complexity index is 769. The van der Waals surface area contributed by atoms with Crippen LogP contribution in [0.15, 0.2) is 0 Å². The molecule has 1 aliphatic heterocycles. The lowest BCUT2D eigenvalue weighted by molar-refractivity contribution is -0.253. The summed E-state index contributed by atoms with van der Waals surface area (Å²) in [7, 11) is -1.61. The van der Waals surface area contributed by atoms with Crippen molar-refractivity contribution in [3.8, 4) is 0 Å². The van der Waals surface area contributed by atoms with Crippen LogP contribution in [0.3, 0.4) is 0 Å². The molecule has 2 N–H and O–H groups in total. The van der Waals surface area contributed by atoms with Gasteiger partial charge in [-0.05, 0) is 0 Å². The first-order valence-corrected chi connectivity index (χ1v) is 9.94. The predicted molar refractivity (Wildman–Crippen MR) is 81.5 cm³/mol. The molecule has 3 aliphatic carbocycles. The summed E-state index contributed by atoms with van der Waals surface area (Å²) in [6.45, 7) is 0. The summed E-state index contributed by atoms with van der Waals surface area (Å²) in [6.07, 6.45) is -3.27. The average molecular weight is 419 g/mol. The van der Waals surface area contributed by atoms with E-state index < -0.39 is 67.4 Å². The second-order valence-corrected chi connectivity index (χ2v) is 9.60. The molecule has 4 fully saturated rings. The van der Waals surface area contributed by atoms with Gasteiger partial charge < -0.3 is 24.4 Å². The highest BCUT2D eigenvalue weighted by atomic mass is 35.5. The van der Waals surface area contributed by atoms with Crippen LogP contribution in [0.25, 0.3) is 0 Å². The monoisotopic (exact) mass is 418 g/mol. The zero-order valence-electron chi connectivity index (χ0n) is 13.3. The summed E-state index contributed by atoms with van der Waals surface area (Å²) < 4.78 is 44.5. The highest BCUT2D eigenvalue weighted by molar-refractivity contribution is 7.86. The molecular weight excluding hydrogens is 403 g/mol. The number of carbonyl (C=O) groups excluding carboxylic acids is 1. The van der Waals surface area contributed by atoms with E-state index in [4.69, 9.17) is 41.6 Å². The fourth-order valence-electron chi connectivity index (χ4n) is 5.31. The van der Waals surface area contributed by atoms with E-state index >= 15 is 0 Å². The molecule has 2 bridgehead atoms. The molecule has 0 radical (unpaired) electrons. The first-order chi connectivity index (χ1) is 11.4. The van der Waals surface area contributed by atoms with Gasteiger partial charge in [0, 0.05) is 26.1 Å². The van der Waals surface area contributed by atoms with Crippen molar-refractivity contribution in [2.75, 3.05) is 20.5 Å². The zero-order valence-corrected chi connectivity index (χ0v) is 15.6. The lowest BCUT2D eigenvalue weighted by Crippen LogP contribution is -2.60. The van der Waals surface area contributed by atoms with Gasteiger partial charge >= 0.3 is 0 Å². The molecule has 142 valence electrons. The van der Waals surface area contributed by atoms with Crippen LogP contribution in [0, 0.1) is 11.8 Å². The van der Waals surface area contributed by atoms with Gasteiger partial charge in [0.1, 0.15) is 12.2 Å². The third-order valence-electron chi connectivity index (χ3n) is 5.94. The van der Waals surface area contributed by atoms with E-state index in [1.165, 1.54) is 14.2 Å². The van der Waals surface area contributed by atoms with Crippen LogP contribution in [0.2, 0.25) is 0 Å². The number of carbonyl (C=O) groups is 1. The Morgan fingerprint density at radius 1 is 1.20 bits per heavy atom. The number of ketones is 1. The maximum absolute atomic E-state index is 13.0. The van der Waals surface area contributed by atoms with Gasteiger partial charge in [0.25, 0.3) is 15.9 Å². The number of rotatable bonds is 4. The van der Waals surface area contributed by atoms with E-state index in [9.17, 15) is 23.4 Å². The van der Waals surface area contributed by atoms with Gasteiger partial charge in [-0.15, -0.1) is 23.2 Å². The van der Waals surface area contributed by atoms with Crippen molar-refractivity contribution < 1.29 is 41.8 Å². The number of hydrogen-bond donors (Lipinski definition) is 2. The Morgan fingerprint density at radius 3 is 2.24 bits per heavy atom. The summed E-state index contributed by atoms with van der Waals surface area (Å²) in [5, 5.41) is 21.4. The molecule has 25 heavy (non-hydrogen) atoms. The second kappa shape index (κ2) is 4.68. The topological polar surface area (TPSA) is 129 Å². The van der Waals surface area contributed by atoms with Crippen molar-refractivity contribution in [1.29, 1.82) is 0 Å². The normalized spacial score (nSPS) is 55.3. The largest absolute Gasteiger partial charge is 0.388 e. The molecular formula is C13H16Cl2O9S. The molecule has 0 unspecified atom stereocenters. The van der Waals surface area contributed by atoms with Gasteiger partial charge in [0.15, 0.2) is 9.75 Å². The van der Waals surface area contributed by atoms with Gasteiger partial charge in [0.2, 0.25) is 11.6 Å². The van der Waals surface area contributed by atoms with Crippen LogP contribution in [-0.2, 0) is 33.3 Å². The molecule has 1 saturated heterocycles. The summed E-state index contributed by atoms with van der Waals surface area (Å²) in [6, 6.07) is 0. The minimum Gasteiger partial charge on any atom is -0.388 e. The quantitative estimate of drug-likeness (QED) is 0.320. The summed E-state index contributed by atoms with van der Waals surface area (Å²) in [5.41, 5.74) is 0. The first kappa shape index (κ1) is 18.3. The van der Waals surface area contributed by atoms with Crippen LogP contribution in [0.4, 0.5) is 0 Å². The van der Waals surface area contributed by atoms with Crippen molar-refractivity contribution >= 4 is 39.1 Å². The number of fused-ring (bicyclic) bond motifs is 2. The van der Waals surface area contributed by atoms with Crippen LogP contribution >= 0.6 is 23.2 Å². The molecule has 0 spiro atoms. The number of halogens is 2. The molecule has 0 aromatic heterocycles. The molecule has 0 amide bonds. The summed E-state index contributed by atoms with van der Waals surface area (Å²) in [4.78, 5) is 8.86. The number of ether oxygens (including phenoxy) is 3. The van der Waals surface area contributed by atoms with Gasteiger partial charge in [-0.3, -0.25) is 8.98 Å². The Hall–Kier alpha value is -0.0400. The lowest BCUT2D eigenvalue weighted by atomic mass is 9.77. The molecule has 0 aromatic rings. The maximum atomic E-state index is 13.0. The summed E-state index contributed by atoms with van der Waals surface area (Å²) >= 11 is 13.3. The van der Waals surface area contributed by atoms with Crippen molar-refractivity contribution in [2.45, 2.75) is 39.6 Å². The molecule has 4 aliphatic rings. The fourth-order valence-corrected chi connectivity index (χ4v) is 7.38. The molecule has 4 rings (SSSR count). The highest BCUT2D eigenvalue weighted by Gasteiger charge is 3.01. The molecule has 3 saturated carbocycles. The van der Waals surface area contributed by atoms with Crippen LogP contribution in [0.5, 0.6) is 0 Å². The Balaban J connectivity index is 1.98. The van der Waals surface area contributed by atoms with Crippen molar-refractivity contribution in [3.63, 3.8) is 0 Å². The predicted octanol–water partition coefficient (Wildman–Crippen LogP) is -1.43. The third-order valence-corrected chi connectivity index (χ3v) is 7.94. The fraction of sp³-hybridized carbons (Fsp3) is 0.923. The molecule has 1 heterocycles. The lowest BCUT2D eigenvalue weighted by Gasteiger charge is -2.40. The minimum absolute atomic E-state index is 0.803. The number of aliphatic hydroxyl groups is 2. The zero-order chi connectivity index (χ0) is 18.8. The highest BCUT2D eigenvalue weighted by Crippen LogP contribution is 2.79. The molecule has 8 atom stereocenters. The Morgan fingerprint density at radius 2 is 1.76 bits per heavy atom. The first-order valence-electron chi connectivity index (χ1n) is 7.37. The van der Waals surface area contributed by atoms with Crippen molar-refractivity contribution in [2.24, 2.45) is 11.8 Å². The van der Waals surface area contributed by atoms with Gasteiger partial charge in [-0.2, -0.15) is 8.42 Å². The standard InChI is InChI=1S/C13H16Cl2O9S/c1-21-13(22-2)10(14)4-5-7(6(16)8(4)24-25(3,19)20)23-12(18,9(10)17)11(5,13)15/h4-8,16,18H,1-3H3/t4-,5-,6+,7+,8-,10-,11+,12+/m0/s1. The minimum atomic E-state index is -4.00. The van der Waals surface area contributed by atoms with Crippen LogP contribution in [0.1, 0.15) is 0 Å². The third kappa shape index (κ3) is 1.53. The number of methoxy groups -OCH3 is 2. The maximum Gasteiger partial charge on any atom is 0.264 e. The van der Waals surface area contributed by atoms with E-state index in [-0.39, 0.29) is 0 Å². The molecule has 12 heteroatoms. The van der Waals surface area contributed by atoms with Gasteiger partial charge in [-0.25, -0.2) is 0 Å². The SMILES string of the molecule is COC1(OC)[C@@]2(Cl)C(=O)[C@@]3(O)O[C@H]4[C@@H](O)[C@@H](OS(C)(=O)=O)[C@@H]2[C@@H]4[C@]13Cl. The number of alkyl halides is 2. The molecule has 0 aromatic carbocycles. The van der Waals surface area contributed by atoms with E-state index in [1.807, 2.05) is 0 Å². The summed E-state index contributed by atoms with van der Waals surface area (Å²) in [5.74, 6) is -7.66. The van der Waals surface area contributed by atoms with E-state index in [1.54, 1.807) is 0 Å².